The molecule has 2 amide bonds. The van der Waals surface area contributed by atoms with Crippen LogP contribution in [-0.4, -0.2) is 22.6 Å². The highest BCUT2D eigenvalue weighted by atomic mass is 16.4. The fourth-order valence-electron chi connectivity index (χ4n) is 1.49. The van der Waals surface area contributed by atoms with Crippen LogP contribution in [0.2, 0.25) is 0 Å². The summed E-state index contributed by atoms with van der Waals surface area (Å²) in [5.41, 5.74) is 0.808. The van der Waals surface area contributed by atoms with Crippen molar-refractivity contribution in [3.05, 3.63) is 29.8 Å². The molecule has 0 unspecified atom stereocenters. The largest absolute Gasteiger partial charge is 0.481 e. The van der Waals surface area contributed by atoms with Crippen LogP contribution in [-0.2, 0) is 11.2 Å². The molecule has 0 atom stereocenters. The number of anilines is 1. The molecular formula is C15H18N2O3. The molecule has 0 spiro atoms. The average molecular weight is 274 g/mol. The van der Waals surface area contributed by atoms with Crippen LogP contribution in [0, 0.1) is 12.3 Å². The van der Waals surface area contributed by atoms with Crippen LogP contribution in [0.5, 0.6) is 0 Å². The van der Waals surface area contributed by atoms with Gasteiger partial charge in [-0.25, -0.2) is 4.79 Å². The molecule has 20 heavy (non-hydrogen) atoms. The van der Waals surface area contributed by atoms with Gasteiger partial charge in [0.25, 0.3) is 0 Å². The molecule has 0 heterocycles. The normalized spacial score (nSPS) is 10.4. The van der Waals surface area contributed by atoms with Crippen LogP contribution in [0.1, 0.15) is 25.8 Å². The van der Waals surface area contributed by atoms with Crippen molar-refractivity contribution in [3.63, 3.8) is 0 Å². The number of aryl methyl sites for hydroxylation is 1. The summed E-state index contributed by atoms with van der Waals surface area (Å²) in [5.74, 6) is 1.64. The average Bonchev–Trinajstić information content (AvgIpc) is 2.37. The minimum atomic E-state index is -0.830. The van der Waals surface area contributed by atoms with E-state index in [0.29, 0.717) is 12.1 Å². The number of hydrogen-bond acceptors (Lipinski definition) is 2. The fraction of sp³-hybridized carbons (Fsp3) is 0.333. The second-order valence-corrected chi connectivity index (χ2v) is 4.94. The first kappa shape index (κ1) is 15.6. The molecule has 1 rings (SSSR count). The second kappa shape index (κ2) is 6.62. The van der Waals surface area contributed by atoms with E-state index in [1.54, 1.807) is 38.1 Å². The molecule has 5 heteroatoms. The summed E-state index contributed by atoms with van der Waals surface area (Å²) in [6.07, 6.45) is 5.84. The van der Waals surface area contributed by atoms with Gasteiger partial charge in [-0.15, -0.1) is 6.42 Å². The number of benzene rings is 1. The molecule has 0 aliphatic heterocycles. The molecule has 1 aromatic rings. The number of carbonyl (C=O) groups is 2. The SMILES string of the molecule is C#CC(C)(C)NC(=O)Nc1ccc(CCC(=O)O)cc1. The Kier molecular flexibility index (Phi) is 5.15. The number of nitrogens with one attached hydrogen (secondary N) is 2. The minimum absolute atomic E-state index is 0.0869. The van der Waals surface area contributed by atoms with E-state index in [1.807, 2.05) is 0 Å². The Morgan fingerprint density at radius 2 is 1.90 bits per heavy atom. The van der Waals surface area contributed by atoms with Crippen molar-refractivity contribution >= 4 is 17.7 Å². The zero-order chi connectivity index (χ0) is 15.2. The minimum Gasteiger partial charge on any atom is -0.481 e. The monoisotopic (exact) mass is 274 g/mol. The van der Waals surface area contributed by atoms with Crippen molar-refractivity contribution in [1.82, 2.24) is 5.32 Å². The standard InChI is InChI=1S/C15H18N2O3/c1-4-15(2,3)17-14(20)16-12-8-5-11(6-9-12)7-10-13(18)19/h1,5-6,8-9H,7,10H2,2-3H3,(H,18,19)(H2,16,17,20). The lowest BCUT2D eigenvalue weighted by atomic mass is 10.1. The van der Waals surface area contributed by atoms with Gasteiger partial charge in [-0.1, -0.05) is 18.1 Å². The summed E-state index contributed by atoms with van der Waals surface area (Å²) < 4.78 is 0. The van der Waals surface area contributed by atoms with Crippen molar-refractivity contribution in [2.24, 2.45) is 0 Å². The number of aliphatic carboxylic acids is 1. The van der Waals surface area contributed by atoms with Crippen molar-refractivity contribution < 1.29 is 14.7 Å². The predicted molar refractivity (Wildman–Crippen MR) is 77.5 cm³/mol. The third-order valence-electron chi connectivity index (χ3n) is 2.63. The number of urea groups is 1. The van der Waals surface area contributed by atoms with Crippen LogP contribution < -0.4 is 10.6 Å². The van der Waals surface area contributed by atoms with Crippen molar-refractivity contribution in [1.29, 1.82) is 0 Å². The van der Waals surface area contributed by atoms with Gasteiger partial charge in [0.15, 0.2) is 0 Å². The van der Waals surface area contributed by atoms with Crippen LogP contribution in [0.3, 0.4) is 0 Å². The highest BCUT2D eigenvalue weighted by molar-refractivity contribution is 5.90. The zero-order valence-corrected chi connectivity index (χ0v) is 11.6. The molecule has 0 aliphatic rings. The number of carboxylic acids is 1. The van der Waals surface area contributed by atoms with Crippen LogP contribution in [0.15, 0.2) is 24.3 Å². The van der Waals surface area contributed by atoms with E-state index in [4.69, 9.17) is 11.5 Å². The molecule has 0 saturated heterocycles. The molecule has 0 aromatic heterocycles. The molecule has 0 aliphatic carbocycles. The lowest BCUT2D eigenvalue weighted by Gasteiger charge is -2.19. The number of carboxylic acid groups (broad SMARTS) is 1. The first-order chi connectivity index (χ1) is 9.32. The predicted octanol–water partition coefficient (Wildman–Crippen LogP) is 2.24. The molecule has 0 bridgehead atoms. The third kappa shape index (κ3) is 5.44. The van der Waals surface area contributed by atoms with Gasteiger partial charge >= 0.3 is 12.0 Å². The lowest BCUT2D eigenvalue weighted by Crippen LogP contribution is -2.44. The number of terminal acetylenes is 1. The highest BCUT2D eigenvalue weighted by Crippen LogP contribution is 2.11. The van der Waals surface area contributed by atoms with Crippen LogP contribution >= 0.6 is 0 Å². The number of amides is 2. The van der Waals surface area contributed by atoms with Crippen molar-refractivity contribution in [2.45, 2.75) is 32.2 Å². The second-order valence-electron chi connectivity index (χ2n) is 4.94. The first-order valence-electron chi connectivity index (χ1n) is 6.20. The molecule has 0 radical (unpaired) electrons. The van der Waals surface area contributed by atoms with Gasteiger partial charge in [0.1, 0.15) is 0 Å². The molecule has 0 saturated carbocycles. The number of carbonyl (C=O) groups excluding carboxylic acids is 1. The third-order valence-corrected chi connectivity index (χ3v) is 2.63. The van der Waals surface area contributed by atoms with Crippen LogP contribution in [0.4, 0.5) is 10.5 Å². The summed E-state index contributed by atoms with van der Waals surface area (Å²) in [7, 11) is 0. The fourth-order valence-corrected chi connectivity index (χ4v) is 1.49. The Bertz CT molecular complexity index is 527. The van der Waals surface area contributed by atoms with E-state index in [1.165, 1.54) is 0 Å². The summed E-state index contributed by atoms with van der Waals surface area (Å²) in [5, 5.41) is 13.9. The first-order valence-corrected chi connectivity index (χ1v) is 6.20. The van der Waals surface area contributed by atoms with Gasteiger partial charge in [0.05, 0.1) is 5.54 Å². The summed E-state index contributed by atoms with van der Waals surface area (Å²) in [4.78, 5) is 22.2. The van der Waals surface area contributed by atoms with Crippen molar-refractivity contribution in [3.8, 4) is 12.3 Å². The Morgan fingerprint density at radius 1 is 1.30 bits per heavy atom. The molecule has 0 fully saturated rings. The maximum absolute atomic E-state index is 11.7. The molecule has 5 nitrogen and oxygen atoms in total. The Balaban J connectivity index is 2.55. The Labute approximate surface area is 118 Å². The highest BCUT2D eigenvalue weighted by Gasteiger charge is 2.16. The number of hydrogen-bond donors (Lipinski definition) is 3. The van der Waals surface area contributed by atoms with Crippen LogP contribution in [0.25, 0.3) is 0 Å². The zero-order valence-electron chi connectivity index (χ0n) is 11.6. The van der Waals surface area contributed by atoms with E-state index in [2.05, 4.69) is 16.6 Å². The Hall–Kier alpha value is -2.48. The lowest BCUT2D eigenvalue weighted by molar-refractivity contribution is -0.136. The van der Waals surface area contributed by atoms with E-state index in [9.17, 15) is 9.59 Å². The van der Waals surface area contributed by atoms with Crippen molar-refractivity contribution in [2.75, 3.05) is 5.32 Å². The topological polar surface area (TPSA) is 78.4 Å². The van der Waals surface area contributed by atoms with Gasteiger partial charge in [-0.05, 0) is 38.0 Å². The summed E-state index contributed by atoms with van der Waals surface area (Å²) >= 11 is 0. The maximum atomic E-state index is 11.7. The molecular weight excluding hydrogens is 256 g/mol. The molecule has 106 valence electrons. The Morgan fingerprint density at radius 3 is 2.40 bits per heavy atom. The van der Waals surface area contributed by atoms with E-state index < -0.39 is 11.5 Å². The molecule has 3 N–H and O–H groups in total. The van der Waals surface area contributed by atoms with E-state index in [-0.39, 0.29) is 12.5 Å². The smallest absolute Gasteiger partial charge is 0.320 e. The van der Waals surface area contributed by atoms with Gasteiger partial charge in [-0.2, -0.15) is 0 Å². The van der Waals surface area contributed by atoms with Gasteiger partial charge in [0.2, 0.25) is 0 Å². The summed E-state index contributed by atoms with van der Waals surface area (Å²) in [6, 6.07) is 6.63. The van der Waals surface area contributed by atoms with Gasteiger partial charge < -0.3 is 15.7 Å². The van der Waals surface area contributed by atoms with Gasteiger partial charge in [0, 0.05) is 12.1 Å². The molecule has 1 aromatic carbocycles. The summed E-state index contributed by atoms with van der Waals surface area (Å²) in [6.45, 7) is 3.45. The van der Waals surface area contributed by atoms with E-state index in [0.717, 1.165) is 5.56 Å². The van der Waals surface area contributed by atoms with E-state index >= 15 is 0 Å². The number of rotatable bonds is 5. The van der Waals surface area contributed by atoms with Gasteiger partial charge in [-0.3, -0.25) is 4.79 Å². The maximum Gasteiger partial charge on any atom is 0.320 e. The quantitative estimate of drug-likeness (QED) is 0.720.